The Balaban J connectivity index is 2.01. The summed E-state index contributed by atoms with van der Waals surface area (Å²) in [6.07, 6.45) is 4.22. The van der Waals surface area contributed by atoms with Crippen LogP contribution in [0, 0.1) is 0 Å². The van der Waals surface area contributed by atoms with Gasteiger partial charge >= 0.3 is 0 Å². The number of halogens is 1. The van der Waals surface area contributed by atoms with E-state index in [-0.39, 0.29) is 12.1 Å². The molecule has 0 radical (unpaired) electrons. The fraction of sp³-hybridized carbons (Fsp3) is 0.615. The predicted molar refractivity (Wildman–Crippen MR) is 75.9 cm³/mol. The summed E-state index contributed by atoms with van der Waals surface area (Å²) < 4.78 is 5.83. The Bertz CT molecular complexity index is 404. The number of likely N-dealkylation sites (N-methyl/N-ethyl adjacent to an activating group) is 1. The fourth-order valence-corrected chi connectivity index (χ4v) is 2.56. The van der Waals surface area contributed by atoms with Crippen molar-refractivity contribution < 1.29 is 4.74 Å². The minimum Gasteiger partial charge on any atom is -0.374 e. The van der Waals surface area contributed by atoms with Gasteiger partial charge in [-0.1, -0.05) is 18.5 Å². The third-order valence-electron chi connectivity index (χ3n) is 3.58. The van der Waals surface area contributed by atoms with Crippen LogP contribution in [-0.2, 0) is 11.2 Å². The Labute approximate surface area is 119 Å². The number of hydrazine groups is 1. The van der Waals surface area contributed by atoms with Crippen molar-refractivity contribution in [2.75, 3.05) is 26.2 Å². The van der Waals surface area contributed by atoms with Gasteiger partial charge in [0, 0.05) is 25.5 Å². The van der Waals surface area contributed by atoms with E-state index in [1.54, 1.807) is 12.4 Å². The molecule has 0 aromatic carbocycles. The average molecular weight is 285 g/mol. The topological polar surface area (TPSA) is 63.4 Å². The van der Waals surface area contributed by atoms with E-state index in [0.29, 0.717) is 5.02 Å². The molecule has 2 unspecified atom stereocenters. The first-order valence-electron chi connectivity index (χ1n) is 6.63. The lowest BCUT2D eigenvalue weighted by Crippen LogP contribution is -2.54. The number of rotatable bonds is 5. The maximum Gasteiger partial charge on any atom is 0.0871 e. The van der Waals surface area contributed by atoms with E-state index in [0.717, 1.165) is 38.2 Å². The maximum atomic E-state index is 6.14. The van der Waals surface area contributed by atoms with E-state index in [2.05, 4.69) is 22.2 Å². The highest BCUT2D eigenvalue weighted by molar-refractivity contribution is 6.31. The first-order chi connectivity index (χ1) is 9.24. The largest absolute Gasteiger partial charge is 0.374 e. The molecule has 3 N–H and O–H groups in total. The summed E-state index contributed by atoms with van der Waals surface area (Å²) in [6.45, 7) is 5.83. The van der Waals surface area contributed by atoms with E-state index >= 15 is 0 Å². The van der Waals surface area contributed by atoms with Gasteiger partial charge in [-0.15, -0.1) is 0 Å². The van der Waals surface area contributed by atoms with Crippen LogP contribution >= 0.6 is 11.6 Å². The van der Waals surface area contributed by atoms with Crippen LogP contribution in [0.5, 0.6) is 0 Å². The van der Waals surface area contributed by atoms with E-state index in [9.17, 15) is 0 Å². The second-order valence-electron chi connectivity index (χ2n) is 4.75. The molecule has 0 amide bonds. The van der Waals surface area contributed by atoms with Gasteiger partial charge in [0.1, 0.15) is 0 Å². The number of pyridine rings is 1. The van der Waals surface area contributed by atoms with Crippen molar-refractivity contribution in [3.8, 4) is 0 Å². The predicted octanol–water partition coefficient (Wildman–Crippen LogP) is 0.830. The van der Waals surface area contributed by atoms with Crippen molar-refractivity contribution in [1.82, 2.24) is 15.3 Å². The highest BCUT2D eigenvalue weighted by Gasteiger charge is 2.27. The Morgan fingerprint density at radius 2 is 2.53 bits per heavy atom. The molecule has 2 rings (SSSR count). The molecule has 106 valence electrons. The summed E-state index contributed by atoms with van der Waals surface area (Å²) in [6, 6.07) is 1.97. The first-order valence-corrected chi connectivity index (χ1v) is 7.00. The minimum absolute atomic E-state index is 0.0502. The zero-order valence-corrected chi connectivity index (χ0v) is 11.9. The zero-order chi connectivity index (χ0) is 13.7. The normalized spacial score (nSPS) is 22.4. The molecule has 0 spiro atoms. The molecule has 0 aliphatic carbocycles. The van der Waals surface area contributed by atoms with Crippen LogP contribution in [0.25, 0.3) is 0 Å². The molecule has 1 aliphatic rings. The van der Waals surface area contributed by atoms with Gasteiger partial charge in [0.2, 0.25) is 0 Å². The summed E-state index contributed by atoms with van der Waals surface area (Å²) in [4.78, 5) is 6.36. The van der Waals surface area contributed by atoms with Crippen LogP contribution < -0.4 is 11.3 Å². The van der Waals surface area contributed by atoms with Crippen LogP contribution in [0.2, 0.25) is 5.02 Å². The van der Waals surface area contributed by atoms with Crippen LogP contribution in [0.3, 0.4) is 0 Å². The number of nitrogens with zero attached hydrogens (tertiary/aromatic N) is 2. The van der Waals surface area contributed by atoms with Gasteiger partial charge in [-0.3, -0.25) is 21.2 Å². The monoisotopic (exact) mass is 284 g/mol. The lowest BCUT2D eigenvalue weighted by atomic mass is 10.0. The first kappa shape index (κ1) is 14.7. The molecule has 6 heteroatoms. The summed E-state index contributed by atoms with van der Waals surface area (Å²) >= 11 is 6.14. The summed E-state index contributed by atoms with van der Waals surface area (Å²) in [5.41, 5.74) is 3.90. The van der Waals surface area contributed by atoms with Gasteiger partial charge in [0.15, 0.2) is 0 Å². The second-order valence-corrected chi connectivity index (χ2v) is 5.15. The van der Waals surface area contributed by atoms with Gasteiger partial charge in [-0.2, -0.15) is 0 Å². The maximum absolute atomic E-state index is 6.14. The number of ether oxygens (including phenoxy) is 1. The van der Waals surface area contributed by atoms with Crippen LogP contribution in [0.1, 0.15) is 12.5 Å². The minimum atomic E-state index is 0.0502. The van der Waals surface area contributed by atoms with E-state index in [4.69, 9.17) is 22.2 Å². The van der Waals surface area contributed by atoms with Gasteiger partial charge < -0.3 is 4.74 Å². The quantitative estimate of drug-likeness (QED) is 0.619. The van der Waals surface area contributed by atoms with Gasteiger partial charge in [-0.25, -0.2) is 0 Å². The molecule has 1 aromatic rings. The molecule has 2 atom stereocenters. The smallest absolute Gasteiger partial charge is 0.0871 e. The van der Waals surface area contributed by atoms with Gasteiger partial charge in [0.25, 0.3) is 0 Å². The Morgan fingerprint density at radius 3 is 3.21 bits per heavy atom. The third kappa shape index (κ3) is 3.87. The highest BCUT2D eigenvalue weighted by atomic mass is 35.5. The van der Waals surface area contributed by atoms with Crippen molar-refractivity contribution in [3.05, 3.63) is 29.0 Å². The average Bonchev–Trinajstić information content (AvgIpc) is 2.46. The van der Waals surface area contributed by atoms with Crippen LogP contribution in [0.15, 0.2) is 18.5 Å². The van der Waals surface area contributed by atoms with Gasteiger partial charge in [-0.05, 0) is 24.6 Å². The molecule has 19 heavy (non-hydrogen) atoms. The van der Waals surface area contributed by atoms with E-state index < -0.39 is 0 Å². The van der Waals surface area contributed by atoms with Crippen molar-refractivity contribution >= 4 is 11.6 Å². The third-order valence-corrected chi connectivity index (χ3v) is 3.92. The number of nitrogens with two attached hydrogens (primary N) is 1. The molecular weight excluding hydrogens is 264 g/mol. The molecule has 1 aliphatic heterocycles. The molecule has 1 aromatic heterocycles. The van der Waals surface area contributed by atoms with Crippen molar-refractivity contribution in [1.29, 1.82) is 0 Å². The lowest BCUT2D eigenvalue weighted by molar-refractivity contribution is -0.0447. The fourth-order valence-electron chi connectivity index (χ4n) is 2.37. The summed E-state index contributed by atoms with van der Waals surface area (Å²) in [5.74, 6) is 5.68. The van der Waals surface area contributed by atoms with E-state index in [1.165, 1.54) is 0 Å². The molecular formula is C13H21ClN4O. The number of morpholine rings is 1. The van der Waals surface area contributed by atoms with Gasteiger partial charge in [0.05, 0.1) is 23.8 Å². The SMILES string of the molecule is CCN1CCOC(C(Cc2ccncc2Cl)NN)C1. The molecule has 1 fully saturated rings. The van der Waals surface area contributed by atoms with Crippen molar-refractivity contribution in [2.45, 2.75) is 25.5 Å². The zero-order valence-electron chi connectivity index (χ0n) is 11.2. The van der Waals surface area contributed by atoms with Crippen LogP contribution in [0.4, 0.5) is 0 Å². The summed E-state index contributed by atoms with van der Waals surface area (Å²) in [7, 11) is 0. The molecule has 5 nitrogen and oxygen atoms in total. The van der Waals surface area contributed by atoms with Crippen LogP contribution in [-0.4, -0.2) is 48.3 Å². The lowest BCUT2D eigenvalue weighted by Gasteiger charge is -2.36. The Kier molecular flexibility index (Phi) is 5.54. The molecule has 1 saturated heterocycles. The van der Waals surface area contributed by atoms with E-state index in [1.807, 2.05) is 6.07 Å². The number of aromatic nitrogens is 1. The molecule has 0 bridgehead atoms. The Hall–Kier alpha value is -0.720. The summed E-state index contributed by atoms with van der Waals surface area (Å²) in [5, 5.41) is 0.672. The standard InChI is InChI=1S/C13H21ClN4O/c1-2-18-5-6-19-13(9-18)12(17-15)7-10-3-4-16-8-11(10)14/h3-4,8,12-13,17H,2,5-7,9,15H2,1H3. The molecule has 2 heterocycles. The number of hydrogen-bond donors (Lipinski definition) is 2. The Morgan fingerprint density at radius 1 is 1.68 bits per heavy atom. The van der Waals surface area contributed by atoms with Crippen molar-refractivity contribution in [3.63, 3.8) is 0 Å². The number of nitrogens with one attached hydrogen (secondary N) is 1. The van der Waals surface area contributed by atoms with Crippen molar-refractivity contribution in [2.24, 2.45) is 5.84 Å². The number of hydrogen-bond acceptors (Lipinski definition) is 5. The highest BCUT2D eigenvalue weighted by Crippen LogP contribution is 2.18. The second kappa shape index (κ2) is 7.17. The molecule has 0 saturated carbocycles.